The molecule has 0 spiro atoms. The van der Waals surface area contributed by atoms with E-state index < -0.39 is 11.6 Å². The Morgan fingerprint density at radius 2 is 1.94 bits per heavy atom. The number of hydrogen-bond donors (Lipinski definition) is 2. The van der Waals surface area contributed by atoms with E-state index in [0.29, 0.717) is 37.6 Å². The summed E-state index contributed by atoms with van der Waals surface area (Å²) in [4.78, 5) is 16.2. The number of carbonyl (C=O) groups is 1. The van der Waals surface area contributed by atoms with Gasteiger partial charge < -0.3 is 10.1 Å². The Balaban J connectivity index is 1.56. The van der Waals surface area contributed by atoms with Crippen LogP contribution in [0.3, 0.4) is 0 Å². The molecule has 0 radical (unpaired) electrons. The maximum absolute atomic E-state index is 14.0. The molecule has 2 amide bonds. The molecule has 1 saturated heterocycles. The number of nitrogens with one attached hydrogen (secondary N) is 2. The molecule has 0 aliphatic carbocycles. The van der Waals surface area contributed by atoms with E-state index in [9.17, 15) is 13.6 Å². The summed E-state index contributed by atoms with van der Waals surface area (Å²) in [5.74, 6) is -1.40. The predicted octanol–water partition coefficient (Wildman–Crippen LogP) is 4.42. The Labute approximate surface area is 207 Å². The summed E-state index contributed by atoms with van der Waals surface area (Å²) in [7, 11) is 1.63. The first-order chi connectivity index (χ1) is 16.9. The lowest BCUT2D eigenvalue weighted by molar-refractivity contribution is 0.159. The summed E-state index contributed by atoms with van der Waals surface area (Å²) >= 11 is 1.51. The van der Waals surface area contributed by atoms with Gasteiger partial charge in [-0.2, -0.15) is 5.10 Å². The molecule has 2 N–H and O–H groups in total. The summed E-state index contributed by atoms with van der Waals surface area (Å²) in [5.41, 5.74) is 2.28. The van der Waals surface area contributed by atoms with E-state index in [2.05, 4.69) is 20.6 Å². The molecule has 3 aromatic rings. The topological polar surface area (TPSA) is 71.4 Å². The van der Waals surface area contributed by atoms with Crippen LogP contribution in [0, 0.1) is 18.6 Å². The highest BCUT2D eigenvalue weighted by Gasteiger charge is 2.35. The predicted molar refractivity (Wildman–Crippen MR) is 133 cm³/mol. The highest BCUT2D eigenvalue weighted by Crippen LogP contribution is 2.32. The van der Waals surface area contributed by atoms with Crippen LogP contribution in [0.1, 0.15) is 17.2 Å². The van der Waals surface area contributed by atoms with E-state index in [0.717, 1.165) is 22.3 Å². The molecule has 1 aliphatic rings. The Kier molecular flexibility index (Phi) is 8.04. The van der Waals surface area contributed by atoms with Crippen LogP contribution in [0.5, 0.6) is 0 Å². The maximum atomic E-state index is 14.0. The van der Waals surface area contributed by atoms with Gasteiger partial charge in [0.05, 0.1) is 28.9 Å². The van der Waals surface area contributed by atoms with E-state index in [1.54, 1.807) is 17.9 Å². The molecule has 1 aliphatic heterocycles. The largest absolute Gasteiger partial charge is 0.383 e. The molecule has 4 rings (SSSR count). The molecule has 0 unspecified atom stereocenters. The van der Waals surface area contributed by atoms with Gasteiger partial charge in [-0.15, -0.1) is 11.8 Å². The molecule has 2 heterocycles. The van der Waals surface area contributed by atoms with Crippen molar-refractivity contribution in [2.75, 3.05) is 44.9 Å². The van der Waals surface area contributed by atoms with E-state index >= 15 is 0 Å². The number of nitrogens with zero attached hydrogens (tertiary/aromatic N) is 3. The Hall–Kier alpha value is -2.95. The van der Waals surface area contributed by atoms with Gasteiger partial charge in [-0.3, -0.25) is 10.2 Å². The normalized spacial score (nSPS) is 18.1. The van der Waals surface area contributed by atoms with Gasteiger partial charge in [0.2, 0.25) is 0 Å². The second kappa shape index (κ2) is 11.2. The minimum absolute atomic E-state index is 0.200. The third-order valence-electron chi connectivity index (χ3n) is 6.14. The van der Waals surface area contributed by atoms with Crippen LogP contribution < -0.4 is 10.6 Å². The van der Waals surface area contributed by atoms with Crippen molar-refractivity contribution < 1.29 is 18.3 Å². The lowest BCUT2D eigenvalue weighted by Gasteiger charge is -2.21. The van der Waals surface area contributed by atoms with Crippen molar-refractivity contribution in [2.24, 2.45) is 0 Å². The third kappa shape index (κ3) is 5.66. The van der Waals surface area contributed by atoms with Crippen LogP contribution in [0.4, 0.5) is 19.4 Å². The Morgan fingerprint density at radius 3 is 2.63 bits per heavy atom. The Morgan fingerprint density at radius 1 is 1.17 bits per heavy atom. The van der Waals surface area contributed by atoms with Crippen LogP contribution in [0.25, 0.3) is 5.69 Å². The number of ether oxygens (including phenoxy) is 1. The molecule has 7 nitrogen and oxygen atoms in total. The Bertz CT molecular complexity index is 1170. The monoisotopic (exact) mass is 501 g/mol. The molecule has 10 heteroatoms. The minimum Gasteiger partial charge on any atom is -0.383 e. The zero-order valence-electron chi connectivity index (χ0n) is 19.9. The lowest BCUT2D eigenvalue weighted by atomic mass is 9.94. The summed E-state index contributed by atoms with van der Waals surface area (Å²) in [5, 5.41) is 10.7. The number of aryl methyl sites for hydroxylation is 1. The molecule has 1 fully saturated rings. The average Bonchev–Trinajstić information content (AvgIpc) is 3.39. The number of hydrogen-bond acceptors (Lipinski definition) is 5. The number of benzene rings is 2. The average molecular weight is 502 g/mol. The van der Waals surface area contributed by atoms with E-state index in [4.69, 9.17) is 4.74 Å². The van der Waals surface area contributed by atoms with Gasteiger partial charge >= 0.3 is 6.03 Å². The fourth-order valence-corrected chi connectivity index (χ4v) is 5.12. The van der Waals surface area contributed by atoms with Gasteiger partial charge in [-0.05, 0) is 43.0 Å². The molecular weight excluding hydrogens is 472 g/mol. The zero-order valence-corrected chi connectivity index (χ0v) is 20.7. The quantitative estimate of drug-likeness (QED) is 0.448. The standard InChI is InChI=1S/C25H29F2N5O2S/c1-16-23(35-3)24(32(30-16)18-7-5-4-6-8-18)29-25(33)28-22-15-31(11-12-34-2)14-19(22)17-9-10-20(26)21(27)13-17/h4-10,13,19,22H,11-12,14-15H2,1-3H3,(H2,28,29,33)/t19-,22+/m0/s1. The summed E-state index contributed by atoms with van der Waals surface area (Å²) in [6.07, 6.45) is 1.94. The number of para-hydroxylation sites is 1. The number of aromatic nitrogens is 2. The first-order valence-electron chi connectivity index (χ1n) is 11.3. The molecule has 1 aromatic heterocycles. The molecule has 2 atom stereocenters. The number of methoxy groups -OCH3 is 1. The molecular formula is C25H29F2N5O2S. The number of thioether (sulfide) groups is 1. The van der Waals surface area contributed by atoms with Crippen molar-refractivity contribution in [3.63, 3.8) is 0 Å². The maximum Gasteiger partial charge on any atom is 0.320 e. The van der Waals surface area contributed by atoms with Crippen LogP contribution in [-0.4, -0.2) is 66.4 Å². The van der Waals surface area contributed by atoms with Crippen molar-refractivity contribution in [3.8, 4) is 5.69 Å². The van der Waals surface area contributed by atoms with Crippen LogP contribution in [0.2, 0.25) is 0 Å². The van der Waals surface area contributed by atoms with Gasteiger partial charge in [-0.1, -0.05) is 24.3 Å². The number of amides is 2. The highest BCUT2D eigenvalue weighted by molar-refractivity contribution is 7.98. The number of rotatable bonds is 8. The van der Waals surface area contributed by atoms with Gasteiger partial charge in [0.25, 0.3) is 0 Å². The van der Waals surface area contributed by atoms with Gasteiger partial charge in [0.15, 0.2) is 17.5 Å². The first-order valence-corrected chi connectivity index (χ1v) is 12.6. The van der Waals surface area contributed by atoms with Crippen LogP contribution >= 0.6 is 11.8 Å². The fourth-order valence-electron chi connectivity index (χ4n) is 4.45. The lowest BCUT2D eigenvalue weighted by Crippen LogP contribution is -2.42. The molecule has 0 saturated carbocycles. The van der Waals surface area contributed by atoms with E-state index in [1.807, 2.05) is 43.5 Å². The van der Waals surface area contributed by atoms with Crippen molar-refractivity contribution >= 4 is 23.6 Å². The smallest absolute Gasteiger partial charge is 0.320 e. The van der Waals surface area contributed by atoms with Crippen molar-refractivity contribution in [2.45, 2.75) is 23.8 Å². The molecule has 186 valence electrons. The van der Waals surface area contributed by atoms with Crippen molar-refractivity contribution in [1.29, 1.82) is 0 Å². The number of halogens is 2. The summed E-state index contributed by atoms with van der Waals surface area (Å²) in [6, 6.07) is 12.8. The zero-order chi connectivity index (χ0) is 24.9. The van der Waals surface area contributed by atoms with Crippen LogP contribution in [0.15, 0.2) is 53.4 Å². The van der Waals surface area contributed by atoms with Crippen molar-refractivity contribution in [3.05, 3.63) is 71.4 Å². The summed E-state index contributed by atoms with van der Waals surface area (Å²) in [6.45, 7) is 4.27. The second-order valence-corrected chi connectivity index (χ2v) is 9.27. The molecule has 2 aromatic carbocycles. The van der Waals surface area contributed by atoms with Gasteiger partial charge in [-0.25, -0.2) is 18.3 Å². The SMILES string of the molecule is COCCN1C[C@@H](NC(=O)Nc2c(SC)c(C)nn2-c2ccccc2)[C@H](c2ccc(F)c(F)c2)C1. The number of likely N-dealkylation sites (tertiary alicyclic amines) is 1. The van der Waals surface area contributed by atoms with Gasteiger partial charge in [0.1, 0.15) is 0 Å². The van der Waals surface area contributed by atoms with E-state index in [-0.39, 0.29) is 18.0 Å². The summed E-state index contributed by atoms with van der Waals surface area (Å²) < 4.78 is 34.4. The van der Waals surface area contributed by atoms with Gasteiger partial charge in [0, 0.05) is 32.7 Å². The molecule has 0 bridgehead atoms. The number of anilines is 1. The first kappa shape index (κ1) is 25.2. The van der Waals surface area contributed by atoms with Crippen molar-refractivity contribution in [1.82, 2.24) is 20.0 Å². The fraction of sp³-hybridized carbons (Fsp3) is 0.360. The highest BCUT2D eigenvalue weighted by atomic mass is 32.2. The molecule has 35 heavy (non-hydrogen) atoms. The number of carbonyl (C=O) groups excluding carboxylic acids is 1. The number of urea groups is 1. The second-order valence-electron chi connectivity index (χ2n) is 8.45. The van der Waals surface area contributed by atoms with E-state index in [1.165, 1.54) is 17.8 Å². The minimum atomic E-state index is -0.895. The third-order valence-corrected chi connectivity index (χ3v) is 7.03. The van der Waals surface area contributed by atoms with Crippen LogP contribution in [-0.2, 0) is 4.74 Å².